The molecule has 1 nitrogen and oxygen atoms in total. The van der Waals surface area contributed by atoms with Gasteiger partial charge in [-0.1, -0.05) is 36.7 Å². The van der Waals surface area contributed by atoms with E-state index in [1.54, 1.807) is 12.1 Å². The second-order valence-corrected chi connectivity index (χ2v) is 6.28. The van der Waals surface area contributed by atoms with E-state index in [4.69, 9.17) is 11.6 Å². The summed E-state index contributed by atoms with van der Waals surface area (Å²) in [7, 11) is 0. The van der Waals surface area contributed by atoms with Gasteiger partial charge in [-0.3, -0.25) is 0 Å². The zero-order valence-corrected chi connectivity index (χ0v) is 14.2. The molecular formula is C17H18BrClFN. The second-order valence-electron chi connectivity index (χ2n) is 5.01. The molecule has 0 fully saturated rings. The van der Waals surface area contributed by atoms with Gasteiger partial charge >= 0.3 is 0 Å². The highest BCUT2D eigenvalue weighted by Gasteiger charge is 2.13. The van der Waals surface area contributed by atoms with Crippen molar-refractivity contribution in [3.8, 4) is 0 Å². The Morgan fingerprint density at radius 1 is 1.24 bits per heavy atom. The summed E-state index contributed by atoms with van der Waals surface area (Å²) in [5.74, 6) is -0.199. The van der Waals surface area contributed by atoms with Gasteiger partial charge in [0.2, 0.25) is 0 Å². The Balaban J connectivity index is 2.22. The fourth-order valence-corrected chi connectivity index (χ4v) is 2.69. The molecule has 2 aromatic rings. The molecule has 0 amide bonds. The van der Waals surface area contributed by atoms with Crippen molar-refractivity contribution in [2.75, 3.05) is 6.54 Å². The molecular weight excluding hydrogens is 353 g/mol. The van der Waals surface area contributed by atoms with Gasteiger partial charge in [-0.25, -0.2) is 4.39 Å². The van der Waals surface area contributed by atoms with Crippen LogP contribution in [0.15, 0.2) is 46.9 Å². The fraction of sp³-hybridized carbons (Fsp3) is 0.294. The van der Waals surface area contributed by atoms with Crippen molar-refractivity contribution in [1.29, 1.82) is 0 Å². The van der Waals surface area contributed by atoms with E-state index in [1.165, 1.54) is 6.07 Å². The Kier molecular flexibility index (Phi) is 6.22. The quantitative estimate of drug-likeness (QED) is 0.705. The van der Waals surface area contributed by atoms with Gasteiger partial charge in [-0.15, -0.1) is 0 Å². The minimum absolute atomic E-state index is 0.123. The van der Waals surface area contributed by atoms with Crippen LogP contribution in [0.4, 0.5) is 4.39 Å². The monoisotopic (exact) mass is 369 g/mol. The van der Waals surface area contributed by atoms with E-state index in [0.29, 0.717) is 5.02 Å². The van der Waals surface area contributed by atoms with E-state index in [0.717, 1.165) is 35.0 Å². The minimum Gasteiger partial charge on any atom is -0.310 e. The number of nitrogens with one attached hydrogen (secondary N) is 1. The molecule has 4 heteroatoms. The van der Waals surface area contributed by atoms with E-state index >= 15 is 0 Å². The van der Waals surface area contributed by atoms with E-state index in [-0.39, 0.29) is 11.9 Å². The van der Waals surface area contributed by atoms with Crippen molar-refractivity contribution in [3.05, 3.63) is 68.9 Å². The lowest BCUT2D eigenvalue weighted by Gasteiger charge is -2.20. The molecule has 0 aliphatic carbocycles. The molecule has 1 unspecified atom stereocenters. The lowest BCUT2D eigenvalue weighted by Crippen LogP contribution is -2.24. The maximum atomic E-state index is 13.3. The number of benzene rings is 2. The molecule has 2 aromatic carbocycles. The molecule has 21 heavy (non-hydrogen) atoms. The third-order valence-corrected chi connectivity index (χ3v) is 4.55. The summed E-state index contributed by atoms with van der Waals surface area (Å²) < 4.78 is 14.2. The molecule has 2 rings (SSSR count). The van der Waals surface area contributed by atoms with Gasteiger partial charge in [0.15, 0.2) is 0 Å². The largest absolute Gasteiger partial charge is 0.310 e. The lowest BCUT2D eigenvalue weighted by atomic mass is 9.98. The lowest BCUT2D eigenvalue weighted by molar-refractivity contribution is 0.527. The Labute approximate surface area is 138 Å². The van der Waals surface area contributed by atoms with Crippen LogP contribution in [0.2, 0.25) is 5.02 Å². The van der Waals surface area contributed by atoms with Gasteiger partial charge in [0.1, 0.15) is 5.82 Å². The van der Waals surface area contributed by atoms with E-state index < -0.39 is 0 Å². The normalized spacial score (nSPS) is 12.4. The topological polar surface area (TPSA) is 12.0 Å². The Morgan fingerprint density at radius 2 is 2.05 bits per heavy atom. The van der Waals surface area contributed by atoms with E-state index in [2.05, 4.69) is 28.2 Å². The van der Waals surface area contributed by atoms with Crippen LogP contribution in [0.3, 0.4) is 0 Å². The summed E-state index contributed by atoms with van der Waals surface area (Å²) in [6.45, 7) is 3.04. The molecule has 0 spiro atoms. The fourth-order valence-electron chi connectivity index (χ4n) is 2.26. The van der Waals surface area contributed by atoms with Crippen molar-refractivity contribution < 1.29 is 4.39 Å². The van der Waals surface area contributed by atoms with Crippen LogP contribution in [0, 0.1) is 5.82 Å². The van der Waals surface area contributed by atoms with Crippen LogP contribution >= 0.6 is 27.5 Å². The molecule has 1 atom stereocenters. The molecule has 112 valence electrons. The Bertz CT molecular complexity index is 603. The first kappa shape index (κ1) is 16.5. The van der Waals surface area contributed by atoms with Gasteiger partial charge in [-0.05, 0) is 70.7 Å². The van der Waals surface area contributed by atoms with Crippen LogP contribution < -0.4 is 5.32 Å². The predicted octanol–water partition coefficient (Wildman–Crippen LogP) is 5.53. The van der Waals surface area contributed by atoms with Crippen molar-refractivity contribution >= 4 is 27.5 Å². The van der Waals surface area contributed by atoms with Gasteiger partial charge in [0.25, 0.3) is 0 Å². The molecule has 0 saturated heterocycles. The number of hydrogen-bond donors (Lipinski definition) is 1. The molecule has 0 aliphatic rings. The first-order valence-corrected chi connectivity index (χ1v) is 8.20. The van der Waals surface area contributed by atoms with Crippen LogP contribution in [0.5, 0.6) is 0 Å². The summed E-state index contributed by atoms with van der Waals surface area (Å²) in [5, 5.41) is 4.19. The highest BCUT2D eigenvalue weighted by Crippen LogP contribution is 2.27. The predicted molar refractivity (Wildman–Crippen MR) is 90.3 cm³/mol. The third kappa shape index (κ3) is 4.80. The van der Waals surface area contributed by atoms with Gasteiger partial charge < -0.3 is 5.32 Å². The number of hydrogen-bond acceptors (Lipinski definition) is 1. The Hall–Kier alpha value is -0.900. The van der Waals surface area contributed by atoms with Gasteiger partial charge in [-0.2, -0.15) is 0 Å². The third-order valence-electron chi connectivity index (χ3n) is 3.32. The summed E-state index contributed by atoms with van der Waals surface area (Å²) in [6.07, 6.45) is 1.78. The highest BCUT2D eigenvalue weighted by atomic mass is 79.9. The molecule has 0 saturated carbocycles. The SMILES string of the molecule is CCCNC(Cc1cccc(F)c1)c1ccc(Br)c(Cl)c1. The number of halogens is 3. The smallest absolute Gasteiger partial charge is 0.123 e. The van der Waals surface area contributed by atoms with Gasteiger partial charge in [0.05, 0.1) is 5.02 Å². The minimum atomic E-state index is -0.199. The summed E-state index contributed by atoms with van der Waals surface area (Å²) in [4.78, 5) is 0. The average molecular weight is 371 g/mol. The first-order valence-electron chi connectivity index (χ1n) is 7.03. The van der Waals surface area contributed by atoms with Crippen molar-refractivity contribution in [2.45, 2.75) is 25.8 Å². The average Bonchev–Trinajstić information content (AvgIpc) is 2.46. The van der Waals surface area contributed by atoms with E-state index in [1.807, 2.05) is 24.3 Å². The van der Waals surface area contributed by atoms with Gasteiger partial charge in [0, 0.05) is 10.5 Å². The van der Waals surface area contributed by atoms with Crippen LogP contribution in [-0.2, 0) is 6.42 Å². The van der Waals surface area contributed by atoms with Crippen LogP contribution in [-0.4, -0.2) is 6.54 Å². The molecule has 0 bridgehead atoms. The van der Waals surface area contributed by atoms with Crippen molar-refractivity contribution in [1.82, 2.24) is 5.32 Å². The zero-order valence-electron chi connectivity index (χ0n) is 11.9. The molecule has 0 heterocycles. The standard InChI is InChI=1S/C17H18BrClFN/c1-2-8-21-17(10-12-4-3-5-14(20)9-12)13-6-7-15(18)16(19)11-13/h3-7,9,11,17,21H,2,8,10H2,1H3. The van der Waals surface area contributed by atoms with E-state index in [9.17, 15) is 4.39 Å². The number of rotatable bonds is 6. The maximum Gasteiger partial charge on any atom is 0.123 e. The summed E-state index contributed by atoms with van der Waals surface area (Å²) >= 11 is 9.59. The van der Waals surface area contributed by atoms with Crippen molar-refractivity contribution in [3.63, 3.8) is 0 Å². The zero-order chi connectivity index (χ0) is 15.2. The van der Waals surface area contributed by atoms with Crippen LogP contribution in [0.1, 0.15) is 30.5 Å². The Morgan fingerprint density at radius 3 is 2.71 bits per heavy atom. The maximum absolute atomic E-state index is 13.3. The molecule has 1 N–H and O–H groups in total. The highest BCUT2D eigenvalue weighted by molar-refractivity contribution is 9.10. The van der Waals surface area contributed by atoms with Crippen LogP contribution in [0.25, 0.3) is 0 Å². The molecule has 0 aromatic heterocycles. The van der Waals surface area contributed by atoms with Crippen molar-refractivity contribution in [2.24, 2.45) is 0 Å². The molecule has 0 radical (unpaired) electrons. The summed E-state index contributed by atoms with van der Waals surface area (Å²) in [6, 6.07) is 12.8. The molecule has 0 aliphatic heterocycles. The first-order chi connectivity index (χ1) is 10.1. The summed E-state index contributed by atoms with van der Waals surface area (Å²) in [5.41, 5.74) is 2.09. The second kappa shape index (κ2) is 7.92.